The summed E-state index contributed by atoms with van der Waals surface area (Å²) in [6.07, 6.45) is 2.46. The Labute approximate surface area is 112 Å². The molecule has 0 radical (unpaired) electrons. The van der Waals surface area contributed by atoms with Crippen LogP contribution in [0.5, 0.6) is 0 Å². The lowest BCUT2D eigenvalue weighted by molar-refractivity contribution is -0.140. The molecule has 9 heteroatoms. The average Bonchev–Trinajstić information content (AvgIpc) is 2.35. The van der Waals surface area contributed by atoms with E-state index in [-0.39, 0.29) is 25.9 Å². The van der Waals surface area contributed by atoms with Gasteiger partial charge in [-0.05, 0) is 12.8 Å². The summed E-state index contributed by atoms with van der Waals surface area (Å²) in [5.41, 5.74) is 0. The van der Waals surface area contributed by atoms with Gasteiger partial charge in [-0.1, -0.05) is 0 Å². The number of carboxylic acids is 2. The minimum atomic E-state index is -1.46. The van der Waals surface area contributed by atoms with Crippen LogP contribution in [-0.4, -0.2) is 57.9 Å². The van der Waals surface area contributed by atoms with Gasteiger partial charge in [0.1, 0.15) is 4.75 Å². The fraction of sp³-hybridized carbons (Fsp3) is 0.600. The third-order valence-electron chi connectivity index (χ3n) is 2.25. The average molecular weight is 288 g/mol. The zero-order valence-corrected chi connectivity index (χ0v) is 10.7. The molecule has 0 aromatic carbocycles. The molecule has 0 saturated carbocycles. The minimum absolute atomic E-state index is 0.0517. The Morgan fingerprint density at radius 2 is 1.53 bits per heavy atom. The summed E-state index contributed by atoms with van der Waals surface area (Å²) >= 11 is 0.707. The highest BCUT2D eigenvalue weighted by molar-refractivity contribution is 8.02. The number of thioether (sulfide) groups is 1. The predicted molar refractivity (Wildman–Crippen MR) is 65.7 cm³/mol. The maximum absolute atomic E-state index is 11.3. The number of carbonyl (C=O) groups is 2. The van der Waals surface area contributed by atoms with Gasteiger partial charge in [-0.3, -0.25) is 9.59 Å². The van der Waals surface area contributed by atoms with Crippen molar-refractivity contribution in [2.24, 2.45) is 9.98 Å². The predicted octanol–water partition coefficient (Wildman–Crippen LogP) is 0.0794. The van der Waals surface area contributed by atoms with Gasteiger partial charge in [0.15, 0.2) is 0 Å². The third kappa shape index (κ3) is 6.52. The Balaban J connectivity index is 4.95. The number of hydrogen-bond acceptors (Lipinski definition) is 7. The molecule has 0 amide bonds. The van der Waals surface area contributed by atoms with E-state index >= 15 is 0 Å². The van der Waals surface area contributed by atoms with E-state index in [1.165, 1.54) is 12.2 Å². The van der Waals surface area contributed by atoms with Gasteiger partial charge in [0.2, 0.25) is 12.2 Å². The summed E-state index contributed by atoms with van der Waals surface area (Å²) in [7, 11) is 0. The van der Waals surface area contributed by atoms with E-state index in [0.29, 0.717) is 11.8 Å². The summed E-state index contributed by atoms with van der Waals surface area (Å²) in [5, 5.41) is 17.9. The maximum atomic E-state index is 11.3. The Morgan fingerprint density at radius 3 is 1.84 bits per heavy atom. The highest BCUT2D eigenvalue weighted by Crippen LogP contribution is 2.33. The van der Waals surface area contributed by atoms with Crippen LogP contribution in [0.3, 0.4) is 0 Å². The Morgan fingerprint density at radius 1 is 1.05 bits per heavy atom. The summed E-state index contributed by atoms with van der Waals surface area (Å²) in [5.74, 6) is -2.81. The monoisotopic (exact) mass is 288 g/mol. The van der Waals surface area contributed by atoms with E-state index in [0.717, 1.165) is 0 Å². The van der Waals surface area contributed by atoms with Crippen molar-refractivity contribution >= 4 is 35.9 Å². The number of isocyanates is 2. The molecule has 0 saturated heterocycles. The van der Waals surface area contributed by atoms with Crippen molar-refractivity contribution in [3.63, 3.8) is 0 Å². The Hall–Kier alpha value is -1.95. The van der Waals surface area contributed by atoms with Gasteiger partial charge in [0.25, 0.3) is 0 Å². The number of rotatable bonds is 10. The zero-order chi connectivity index (χ0) is 14.7. The minimum Gasteiger partial charge on any atom is -0.481 e. The van der Waals surface area contributed by atoms with Crippen molar-refractivity contribution in [1.82, 2.24) is 0 Å². The van der Waals surface area contributed by atoms with Crippen molar-refractivity contribution in [1.29, 1.82) is 0 Å². The van der Waals surface area contributed by atoms with E-state index in [4.69, 9.17) is 5.11 Å². The molecule has 0 aromatic heterocycles. The normalized spacial score (nSPS) is 12.6. The maximum Gasteiger partial charge on any atom is 0.319 e. The van der Waals surface area contributed by atoms with Crippen LogP contribution in [0.1, 0.15) is 12.8 Å². The number of hydrogen-bond donors (Lipinski definition) is 2. The van der Waals surface area contributed by atoms with Crippen molar-refractivity contribution in [3.8, 4) is 0 Å². The van der Waals surface area contributed by atoms with Crippen LogP contribution in [0.25, 0.3) is 0 Å². The number of carboxylic acid groups (broad SMARTS) is 2. The van der Waals surface area contributed by atoms with Crippen LogP contribution in [0, 0.1) is 0 Å². The first kappa shape index (κ1) is 17.1. The van der Waals surface area contributed by atoms with Gasteiger partial charge >= 0.3 is 11.9 Å². The smallest absolute Gasteiger partial charge is 0.319 e. The fourth-order valence-electron chi connectivity index (χ4n) is 1.31. The standard InChI is InChI=1S/C10H12N2O6S/c13-6-11-3-1-10(9(17)18,2-4-12-7-14)19-5-8(15)16/h1-5H2,(H,15,16)(H,17,18). The summed E-state index contributed by atoms with van der Waals surface area (Å²) in [6, 6.07) is 0. The van der Waals surface area contributed by atoms with Gasteiger partial charge in [0.05, 0.1) is 18.8 Å². The van der Waals surface area contributed by atoms with Gasteiger partial charge in [-0.2, -0.15) is 0 Å². The zero-order valence-electron chi connectivity index (χ0n) is 9.87. The quantitative estimate of drug-likeness (QED) is 0.429. The molecule has 0 aliphatic rings. The molecule has 0 spiro atoms. The molecule has 8 nitrogen and oxygen atoms in total. The first-order valence-electron chi connectivity index (χ1n) is 5.15. The van der Waals surface area contributed by atoms with Crippen LogP contribution in [0.4, 0.5) is 0 Å². The van der Waals surface area contributed by atoms with Crippen molar-refractivity contribution in [2.45, 2.75) is 17.6 Å². The number of aliphatic carboxylic acids is 2. The van der Waals surface area contributed by atoms with E-state index in [9.17, 15) is 24.3 Å². The van der Waals surface area contributed by atoms with E-state index in [1.54, 1.807) is 0 Å². The Bertz CT molecular complexity index is 393. The first-order valence-corrected chi connectivity index (χ1v) is 6.13. The molecule has 0 aliphatic heterocycles. The number of aliphatic imine (C=N–C) groups is 2. The topological polar surface area (TPSA) is 133 Å². The lowest BCUT2D eigenvalue weighted by atomic mass is 10.0. The molecule has 2 N–H and O–H groups in total. The van der Waals surface area contributed by atoms with Gasteiger partial charge in [-0.25, -0.2) is 19.6 Å². The lowest BCUT2D eigenvalue weighted by Gasteiger charge is -2.26. The summed E-state index contributed by atoms with van der Waals surface area (Å²) < 4.78 is -1.46. The fourth-order valence-corrected chi connectivity index (χ4v) is 2.30. The van der Waals surface area contributed by atoms with Gasteiger partial charge in [0, 0.05) is 0 Å². The highest BCUT2D eigenvalue weighted by Gasteiger charge is 2.39. The van der Waals surface area contributed by atoms with Crippen LogP contribution in [0.15, 0.2) is 9.98 Å². The van der Waals surface area contributed by atoms with E-state index < -0.39 is 22.4 Å². The molecule has 0 bridgehead atoms. The molecule has 0 fully saturated rings. The van der Waals surface area contributed by atoms with Crippen molar-refractivity contribution in [3.05, 3.63) is 0 Å². The van der Waals surface area contributed by atoms with E-state index in [2.05, 4.69) is 9.98 Å². The van der Waals surface area contributed by atoms with Crippen molar-refractivity contribution in [2.75, 3.05) is 18.8 Å². The molecule has 0 heterocycles. The van der Waals surface area contributed by atoms with Crippen LogP contribution >= 0.6 is 11.8 Å². The molecule has 104 valence electrons. The molecule has 19 heavy (non-hydrogen) atoms. The van der Waals surface area contributed by atoms with Crippen LogP contribution in [-0.2, 0) is 19.2 Å². The van der Waals surface area contributed by atoms with E-state index in [1.807, 2.05) is 0 Å². The van der Waals surface area contributed by atoms with Gasteiger partial charge in [-0.15, -0.1) is 11.8 Å². The number of nitrogens with zero attached hydrogens (tertiary/aromatic N) is 2. The van der Waals surface area contributed by atoms with Crippen LogP contribution < -0.4 is 0 Å². The SMILES string of the molecule is O=C=NCCC(CCN=C=O)(SCC(=O)O)C(=O)O. The van der Waals surface area contributed by atoms with Crippen molar-refractivity contribution < 1.29 is 29.4 Å². The third-order valence-corrected chi connectivity index (χ3v) is 3.77. The lowest BCUT2D eigenvalue weighted by Crippen LogP contribution is -2.38. The molecule has 0 aliphatic carbocycles. The highest BCUT2D eigenvalue weighted by atomic mass is 32.2. The number of carbonyl (C=O) groups excluding carboxylic acids is 2. The second kappa shape index (κ2) is 9.04. The second-order valence-electron chi connectivity index (χ2n) is 3.43. The summed E-state index contributed by atoms with van der Waals surface area (Å²) in [4.78, 5) is 48.3. The van der Waals surface area contributed by atoms with Gasteiger partial charge < -0.3 is 10.2 Å². The first-order chi connectivity index (χ1) is 8.98. The molecular formula is C10H12N2O6S. The molecule has 0 unspecified atom stereocenters. The largest absolute Gasteiger partial charge is 0.481 e. The molecule has 0 atom stereocenters. The summed E-state index contributed by atoms with van der Waals surface area (Å²) in [6.45, 7) is -0.180. The molecule has 0 rings (SSSR count). The molecule has 0 aromatic rings. The Kier molecular flexibility index (Phi) is 8.12. The second-order valence-corrected chi connectivity index (χ2v) is 4.79. The van der Waals surface area contributed by atoms with Crippen LogP contribution in [0.2, 0.25) is 0 Å². The molecular weight excluding hydrogens is 276 g/mol.